The molecule has 1 atom stereocenters. The van der Waals surface area contributed by atoms with Crippen molar-refractivity contribution in [2.24, 2.45) is 0 Å². The molecule has 0 bridgehead atoms. The van der Waals surface area contributed by atoms with Gasteiger partial charge >= 0.3 is 0 Å². The van der Waals surface area contributed by atoms with Crippen LogP contribution in [0.15, 0.2) is 60.8 Å². The Labute approximate surface area is 202 Å². The van der Waals surface area contributed by atoms with E-state index in [-0.39, 0.29) is 5.92 Å². The number of imidazole rings is 1. The van der Waals surface area contributed by atoms with Crippen molar-refractivity contribution in [1.29, 1.82) is 0 Å². The number of ether oxygens (including phenoxy) is 1. The third-order valence-electron chi connectivity index (χ3n) is 6.92. The maximum atomic E-state index is 6.00. The molecule has 1 unspecified atom stereocenters. The van der Waals surface area contributed by atoms with Gasteiger partial charge in [-0.25, -0.2) is 14.6 Å². The third kappa shape index (κ3) is 3.44. The van der Waals surface area contributed by atoms with Gasteiger partial charge in [-0.05, 0) is 56.2 Å². The van der Waals surface area contributed by atoms with Gasteiger partial charge in [0.15, 0.2) is 5.82 Å². The van der Waals surface area contributed by atoms with Crippen LogP contribution in [-0.4, -0.2) is 49.4 Å². The number of nitrogens with one attached hydrogen (secondary N) is 1. The van der Waals surface area contributed by atoms with Gasteiger partial charge in [0.25, 0.3) is 0 Å². The van der Waals surface area contributed by atoms with Crippen LogP contribution in [0.2, 0.25) is 0 Å². The summed E-state index contributed by atoms with van der Waals surface area (Å²) >= 11 is 0. The van der Waals surface area contributed by atoms with Crippen molar-refractivity contribution in [3.05, 3.63) is 78.0 Å². The molecule has 1 N–H and O–H groups in total. The highest BCUT2D eigenvalue weighted by Gasteiger charge is 2.31. The van der Waals surface area contributed by atoms with Gasteiger partial charge in [-0.15, -0.1) is 5.10 Å². The second kappa shape index (κ2) is 7.94. The van der Waals surface area contributed by atoms with E-state index in [1.54, 1.807) is 0 Å². The first kappa shape index (κ1) is 20.2. The molecule has 0 radical (unpaired) electrons. The fourth-order valence-electron chi connectivity index (χ4n) is 5.16. The largest absolute Gasteiger partial charge is 0.492 e. The Morgan fingerprint density at radius 2 is 1.83 bits per heavy atom. The lowest BCUT2D eigenvalue weighted by Crippen LogP contribution is -2.17. The first-order valence-electron chi connectivity index (χ1n) is 12.1. The average Bonchev–Trinajstić information content (AvgIpc) is 3.68. The number of fused-ring (bicyclic) bond motifs is 2. The minimum atomic E-state index is -0.0180. The number of aromatic amines is 1. The summed E-state index contributed by atoms with van der Waals surface area (Å²) in [5.41, 5.74) is 5.88. The second-order valence-corrected chi connectivity index (χ2v) is 9.23. The molecule has 8 nitrogen and oxygen atoms in total. The number of aryl methyl sites for hydroxylation is 1. The van der Waals surface area contributed by atoms with E-state index >= 15 is 0 Å². The highest BCUT2D eigenvalue weighted by Crippen LogP contribution is 2.38. The average molecular weight is 464 g/mol. The van der Waals surface area contributed by atoms with E-state index < -0.39 is 0 Å². The number of rotatable bonds is 4. The van der Waals surface area contributed by atoms with E-state index in [9.17, 15) is 0 Å². The quantitative estimate of drug-likeness (QED) is 0.418. The highest BCUT2D eigenvalue weighted by atomic mass is 16.5. The van der Waals surface area contributed by atoms with E-state index in [0.717, 1.165) is 64.2 Å². The van der Waals surface area contributed by atoms with Crippen molar-refractivity contribution in [3.63, 3.8) is 0 Å². The molecule has 174 valence electrons. The third-order valence-corrected chi connectivity index (χ3v) is 6.92. The fourth-order valence-corrected chi connectivity index (χ4v) is 5.16. The number of anilines is 1. The Bertz CT molecular complexity index is 1530. The Balaban J connectivity index is 1.34. The molecular weight excluding hydrogens is 438 g/mol. The number of para-hydroxylation sites is 1. The number of pyridine rings is 1. The highest BCUT2D eigenvalue weighted by molar-refractivity contribution is 5.77. The zero-order chi connectivity index (χ0) is 23.4. The van der Waals surface area contributed by atoms with Crippen LogP contribution in [0.5, 0.6) is 5.75 Å². The van der Waals surface area contributed by atoms with Gasteiger partial charge in [-0.1, -0.05) is 18.2 Å². The molecule has 7 rings (SSSR count). The lowest BCUT2D eigenvalue weighted by Gasteiger charge is -2.16. The van der Waals surface area contributed by atoms with Crippen LogP contribution in [0.25, 0.3) is 28.2 Å². The van der Waals surface area contributed by atoms with Crippen molar-refractivity contribution in [1.82, 2.24) is 29.7 Å². The number of hydrogen-bond donors (Lipinski definition) is 1. The molecule has 0 aliphatic carbocycles. The summed E-state index contributed by atoms with van der Waals surface area (Å²) < 4.78 is 7.93. The number of benzene rings is 2. The molecule has 5 heterocycles. The van der Waals surface area contributed by atoms with Crippen molar-refractivity contribution in [2.45, 2.75) is 25.7 Å². The van der Waals surface area contributed by atoms with Crippen LogP contribution in [0, 0.1) is 6.92 Å². The standard InChI is InChI=1S/C27H25N7O/c1-17-29-22-10-8-18(14-24(22)30-17)34-27(21-16-35-25-7-3-2-6-20(21)25)31-26(32-34)23-11-9-19(15-28-23)33-12-4-5-13-33/h2-3,6-11,14-15,21H,4-5,12-13,16H2,1H3,(H,29,30). The maximum absolute atomic E-state index is 6.00. The number of aromatic nitrogens is 6. The molecule has 2 aliphatic heterocycles. The van der Waals surface area contributed by atoms with E-state index in [4.69, 9.17) is 19.8 Å². The topological polar surface area (TPSA) is 84.8 Å². The van der Waals surface area contributed by atoms with Crippen LogP contribution in [0.1, 0.15) is 36.0 Å². The normalized spacial score (nSPS) is 17.2. The number of H-pyrrole nitrogens is 1. The Kier molecular flexibility index (Phi) is 4.58. The van der Waals surface area contributed by atoms with E-state index in [2.05, 4.69) is 33.1 Å². The molecule has 8 heteroatoms. The van der Waals surface area contributed by atoms with Crippen molar-refractivity contribution in [2.75, 3.05) is 24.6 Å². The van der Waals surface area contributed by atoms with E-state index in [1.165, 1.54) is 12.8 Å². The molecule has 2 aliphatic rings. The fraction of sp³-hybridized carbons (Fsp3) is 0.259. The first-order chi connectivity index (χ1) is 17.2. The summed E-state index contributed by atoms with van der Waals surface area (Å²) in [5, 5.41) is 4.95. The molecule has 1 fully saturated rings. The molecule has 0 spiro atoms. The van der Waals surface area contributed by atoms with Crippen LogP contribution in [0.3, 0.4) is 0 Å². The Morgan fingerprint density at radius 1 is 0.971 bits per heavy atom. The summed E-state index contributed by atoms with van der Waals surface area (Å²) in [7, 11) is 0. The predicted molar refractivity (Wildman–Crippen MR) is 134 cm³/mol. The molecule has 3 aromatic heterocycles. The van der Waals surface area contributed by atoms with E-state index in [1.807, 2.05) is 54.2 Å². The van der Waals surface area contributed by atoms with Crippen molar-refractivity contribution < 1.29 is 4.74 Å². The first-order valence-corrected chi connectivity index (χ1v) is 12.1. The number of nitrogens with zero attached hydrogens (tertiary/aromatic N) is 6. The van der Waals surface area contributed by atoms with Gasteiger partial charge in [-0.3, -0.25) is 4.98 Å². The van der Waals surface area contributed by atoms with Gasteiger partial charge in [0, 0.05) is 18.7 Å². The lowest BCUT2D eigenvalue weighted by atomic mass is 10.0. The van der Waals surface area contributed by atoms with Gasteiger partial charge in [0.05, 0.1) is 34.5 Å². The maximum Gasteiger partial charge on any atom is 0.200 e. The lowest BCUT2D eigenvalue weighted by molar-refractivity contribution is 0.338. The molecule has 1 saturated heterocycles. The van der Waals surface area contributed by atoms with Gasteiger partial charge in [-0.2, -0.15) is 0 Å². The van der Waals surface area contributed by atoms with Crippen LogP contribution in [-0.2, 0) is 0 Å². The Morgan fingerprint density at radius 3 is 2.69 bits per heavy atom. The zero-order valence-electron chi connectivity index (χ0n) is 19.5. The summed E-state index contributed by atoms with van der Waals surface area (Å²) in [6, 6.07) is 18.4. The zero-order valence-corrected chi connectivity index (χ0v) is 19.5. The Hall–Kier alpha value is -4.20. The minimum Gasteiger partial charge on any atom is -0.492 e. The second-order valence-electron chi connectivity index (χ2n) is 9.23. The smallest absolute Gasteiger partial charge is 0.200 e. The van der Waals surface area contributed by atoms with Crippen LogP contribution in [0.4, 0.5) is 5.69 Å². The van der Waals surface area contributed by atoms with Crippen LogP contribution >= 0.6 is 0 Å². The summed E-state index contributed by atoms with van der Waals surface area (Å²) in [4.78, 5) is 20.0. The van der Waals surface area contributed by atoms with Crippen LogP contribution < -0.4 is 9.64 Å². The molecule has 35 heavy (non-hydrogen) atoms. The van der Waals surface area contributed by atoms with Crippen molar-refractivity contribution >= 4 is 16.7 Å². The molecular formula is C27H25N7O. The molecule has 2 aromatic carbocycles. The minimum absolute atomic E-state index is 0.0180. The molecule has 0 amide bonds. The predicted octanol–water partition coefficient (Wildman–Crippen LogP) is 4.64. The SMILES string of the molecule is Cc1nc2ccc(-n3nc(-c4ccc(N5CCCC5)cn4)nc3C3COc4ccccc43)cc2[nH]1. The van der Waals surface area contributed by atoms with E-state index in [0.29, 0.717) is 12.4 Å². The van der Waals surface area contributed by atoms with Gasteiger partial charge < -0.3 is 14.6 Å². The molecule has 0 saturated carbocycles. The van der Waals surface area contributed by atoms with Gasteiger partial charge in [0.1, 0.15) is 29.7 Å². The monoisotopic (exact) mass is 463 g/mol. The summed E-state index contributed by atoms with van der Waals surface area (Å²) in [6.45, 7) is 4.68. The number of hydrogen-bond acceptors (Lipinski definition) is 6. The van der Waals surface area contributed by atoms with Crippen molar-refractivity contribution in [3.8, 4) is 23.0 Å². The van der Waals surface area contributed by atoms with Gasteiger partial charge in [0.2, 0.25) is 0 Å². The molecule has 5 aromatic rings. The summed E-state index contributed by atoms with van der Waals surface area (Å²) in [5.74, 6) is 3.22. The summed E-state index contributed by atoms with van der Waals surface area (Å²) in [6.07, 6.45) is 4.42.